The van der Waals surface area contributed by atoms with Crippen LogP contribution >= 0.6 is 0 Å². The molecule has 0 spiro atoms. The Morgan fingerprint density at radius 1 is 1.20 bits per heavy atom. The summed E-state index contributed by atoms with van der Waals surface area (Å²) in [6, 6.07) is 8.20. The molecule has 0 N–H and O–H groups in total. The summed E-state index contributed by atoms with van der Waals surface area (Å²) in [5.74, 6) is 0. The van der Waals surface area contributed by atoms with Gasteiger partial charge in [0.1, 0.15) is 0 Å². The van der Waals surface area contributed by atoms with Gasteiger partial charge in [0, 0.05) is 7.11 Å². The number of rotatable bonds is 4. The Morgan fingerprint density at radius 3 is 2.30 bits per heavy atom. The molecule has 0 heterocycles. The molecule has 1 fully saturated rings. The fourth-order valence-corrected chi connectivity index (χ4v) is 3.76. The highest BCUT2D eigenvalue weighted by molar-refractivity contribution is 7.86. The molecular weight excluding hydrogens is 276 g/mol. The zero-order valence-electron chi connectivity index (χ0n) is 12.3. The average molecular weight is 298 g/mol. The lowest BCUT2D eigenvalue weighted by Gasteiger charge is -2.39. The molecule has 0 aromatic heterocycles. The van der Waals surface area contributed by atoms with Gasteiger partial charge in [0.05, 0.1) is 18.0 Å². The molecule has 0 radical (unpaired) electrons. The van der Waals surface area contributed by atoms with Crippen LogP contribution in [-0.2, 0) is 24.6 Å². The zero-order valence-corrected chi connectivity index (χ0v) is 13.1. The van der Waals surface area contributed by atoms with Crippen LogP contribution in [0.3, 0.4) is 0 Å². The summed E-state index contributed by atoms with van der Waals surface area (Å²) in [6.07, 6.45) is 3.80. The van der Waals surface area contributed by atoms with E-state index >= 15 is 0 Å². The highest BCUT2D eigenvalue weighted by Crippen LogP contribution is 2.42. The van der Waals surface area contributed by atoms with Crippen molar-refractivity contribution in [2.45, 2.75) is 44.3 Å². The molecule has 1 aromatic rings. The topological polar surface area (TPSA) is 52.6 Å². The third-order valence-electron chi connectivity index (χ3n) is 4.08. The Bertz CT molecular complexity index is 557. The molecule has 4 nitrogen and oxygen atoms in total. The van der Waals surface area contributed by atoms with E-state index in [1.807, 2.05) is 12.1 Å². The van der Waals surface area contributed by atoms with E-state index in [1.165, 1.54) is 11.1 Å². The van der Waals surface area contributed by atoms with Crippen molar-refractivity contribution < 1.29 is 17.3 Å². The van der Waals surface area contributed by atoms with E-state index in [4.69, 9.17) is 8.92 Å². The van der Waals surface area contributed by atoms with Crippen LogP contribution in [0.4, 0.5) is 0 Å². The van der Waals surface area contributed by atoms with E-state index < -0.39 is 10.1 Å². The maximum absolute atomic E-state index is 11.2. The van der Waals surface area contributed by atoms with Crippen LogP contribution in [0.5, 0.6) is 0 Å². The summed E-state index contributed by atoms with van der Waals surface area (Å²) in [4.78, 5) is 0. The monoisotopic (exact) mass is 298 g/mol. The van der Waals surface area contributed by atoms with Crippen LogP contribution in [0, 0.1) is 6.92 Å². The second-order valence-corrected chi connectivity index (χ2v) is 7.11. The molecule has 0 amide bonds. The van der Waals surface area contributed by atoms with Gasteiger partial charge in [0.15, 0.2) is 0 Å². The van der Waals surface area contributed by atoms with Gasteiger partial charge < -0.3 is 4.74 Å². The van der Waals surface area contributed by atoms with Crippen molar-refractivity contribution in [1.29, 1.82) is 0 Å². The average Bonchev–Trinajstić information content (AvgIpc) is 2.39. The molecule has 112 valence electrons. The lowest BCUT2D eigenvalue weighted by molar-refractivity contribution is -0.0645. The predicted molar refractivity (Wildman–Crippen MR) is 78.1 cm³/mol. The molecule has 0 atom stereocenters. The first-order chi connectivity index (χ1) is 9.36. The number of aryl methyl sites for hydroxylation is 1. The second-order valence-electron chi connectivity index (χ2n) is 5.51. The van der Waals surface area contributed by atoms with Gasteiger partial charge >= 0.3 is 0 Å². The molecule has 0 saturated heterocycles. The van der Waals surface area contributed by atoms with Crippen LogP contribution in [0.15, 0.2) is 24.3 Å². The summed E-state index contributed by atoms with van der Waals surface area (Å²) in [6.45, 7) is 2.08. The van der Waals surface area contributed by atoms with Crippen LogP contribution in [0.2, 0.25) is 0 Å². The minimum atomic E-state index is -3.38. The summed E-state index contributed by atoms with van der Waals surface area (Å²) in [5, 5.41) is 0. The fourth-order valence-electron chi connectivity index (χ4n) is 3.07. The number of ether oxygens (including phenoxy) is 1. The van der Waals surface area contributed by atoms with E-state index in [0.29, 0.717) is 12.8 Å². The molecule has 0 bridgehead atoms. The normalized spacial score (nSPS) is 27.4. The van der Waals surface area contributed by atoms with E-state index in [0.717, 1.165) is 19.1 Å². The van der Waals surface area contributed by atoms with Crippen LogP contribution < -0.4 is 0 Å². The number of hydrogen-bond donors (Lipinski definition) is 0. The lowest BCUT2D eigenvalue weighted by Crippen LogP contribution is -2.37. The Morgan fingerprint density at radius 2 is 1.80 bits per heavy atom. The minimum Gasteiger partial charge on any atom is -0.374 e. The van der Waals surface area contributed by atoms with E-state index in [-0.39, 0.29) is 11.7 Å². The van der Waals surface area contributed by atoms with Crippen molar-refractivity contribution in [3.8, 4) is 0 Å². The third-order valence-corrected chi connectivity index (χ3v) is 4.70. The number of hydrogen-bond acceptors (Lipinski definition) is 4. The zero-order chi connectivity index (χ0) is 14.8. The van der Waals surface area contributed by atoms with E-state index in [2.05, 4.69) is 19.1 Å². The third kappa shape index (κ3) is 3.40. The van der Waals surface area contributed by atoms with Gasteiger partial charge in [-0.15, -0.1) is 0 Å². The van der Waals surface area contributed by atoms with Crippen LogP contribution in [-0.4, -0.2) is 27.9 Å². The van der Waals surface area contributed by atoms with Gasteiger partial charge in [-0.25, -0.2) is 0 Å². The van der Waals surface area contributed by atoms with Crippen LogP contribution in [0.25, 0.3) is 0 Å². The maximum Gasteiger partial charge on any atom is 0.264 e. The number of methoxy groups -OCH3 is 1. The quantitative estimate of drug-likeness (QED) is 0.802. The van der Waals surface area contributed by atoms with Crippen molar-refractivity contribution in [3.05, 3.63) is 35.4 Å². The Balaban J connectivity index is 2.15. The largest absolute Gasteiger partial charge is 0.374 e. The first-order valence-corrected chi connectivity index (χ1v) is 8.67. The van der Waals surface area contributed by atoms with E-state index in [9.17, 15) is 8.42 Å². The summed E-state index contributed by atoms with van der Waals surface area (Å²) >= 11 is 0. The van der Waals surface area contributed by atoms with Crippen molar-refractivity contribution >= 4 is 10.1 Å². The minimum absolute atomic E-state index is 0.225. The van der Waals surface area contributed by atoms with Gasteiger partial charge in [0.25, 0.3) is 10.1 Å². The van der Waals surface area contributed by atoms with Crippen molar-refractivity contribution in [2.24, 2.45) is 0 Å². The first-order valence-electron chi connectivity index (χ1n) is 6.86. The summed E-state index contributed by atoms with van der Waals surface area (Å²) in [7, 11) is -1.65. The van der Waals surface area contributed by atoms with Crippen LogP contribution in [0.1, 0.15) is 36.8 Å². The predicted octanol–water partition coefficient (Wildman–Crippen LogP) is 2.76. The molecular formula is C15H22O4S. The standard InChI is InChI=1S/C15H22O4S/c1-12-6-4-5-7-14(12)15(18-2)10-8-13(9-11-15)19-20(3,16)17/h4-7,13H,8-11H2,1-3H3/t13-,15-. The summed E-state index contributed by atoms with van der Waals surface area (Å²) < 4.78 is 33.3. The highest BCUT2D eigenvalue weighted by Gasteiger charge is 2.38. The molecule has 20 heavy (non-hydrogen) atoms. The van der Waals surface area contributed by atoms with Gasteiger partial charge in [-0.05, 0) is 43.7 Å². The molecule has 1 aliphatic rings. The molecule has 2 rings (SSSR count). The van der Waals surface area contributed by atoms with Crippen molar-refractivity contribution in [2.75, 3.05) is 13.4 Å². The lowest BCUT2D eigenvalue weighted by atomic mass is 9.77. The maximum atomic E-state index is 11.2. The smallest absolute Gasteiger partial charge is 0.264 e. The van der Waals surface area contributed by atoms with Gasteiger partial charge in [-0.2, -0.15) is 8.42 Å². The highest BCUT2D eigenvalue weighted by atomic mass is 32.2. The molecule has 0 aliphatic heterocycles. The summed E-state index contributed by atoms with van der Waals surface area (Å²) in [5.41, 5.74) is 2.08. The molecule has 1 aromatic carbocycles. The Labute approximate surface area is 121 Å². The molecule has 1 aliphatic carbocycles. The Kier molecular flexibility index (Phi) is 4.52. The Hall–Kier alpha value is -0.910. The molecule has 0 unspecified atom stereocenters. The molecule has 1 saturated carbocycles. The van der Waals surface area contributed by atoms with Gasteiger partial charge in [-0.3, -0.25) is 4.18 Å². The fraction of sp³-hybridized carbons (Fsp3) is 0.600. The second kappa shape index (κ2) is 5.84. The van der Waals surface area contributed by atoms with Crippen molar-refractivity contribution in [3.63, 3.8) is 0 Å². The van der Waals surface area contributed by atoms with Gasteiger partial charge in [0.2, 0.25) is 0 Å². The van der Waals surface area contributed by atoms with Gasteiger partial charge in [-0.1, -0.05) is 24.3 Å². The van der Waals surface area contributed by atoms with Crippen molar-refractivity contribution in [1.82, 2.24) is 0 Å². The first kappa shape index (κ1) is 15.5. The SMILES string of the molecule is CO[C@]1(c2ccccc2C)CC[C@@H](OS(C)(=O)=O)CC1. The number of benzene rings is 1. The van der Waals surface area contributed by atoms with E-state index in [1.54, 1.807) is 7.11 Å². The molecule has 5 heteroatoms.